The summed E-state index contributed by atoms with van der Waals surface area (Å²) in [6.07, 6.45) is 1.79. The quantitative estimate of drug-likeness (QED) is 0.611. The number of hydrogen-bond acceptors (Lipinski definition) is 4. The third kappa shape index (κ3) is 2.24. The molecule has 1 aromatic rings. The molecule has 0 aromatic heterocycles. The standard InChI is InChI=1S/C13H13FN2O4/c14-12-4-1-8(16(18)19)5-11(12)13(17)15-6-9-2-3-10(7-15)20-9/h1,4-5,9-10H,2-3,6-7H2. The summed E-state index contributed by atoms with van der Waals surface area (Å²) in [7, 11) is 0. The van der Waals surface area contributed by atoms with Crippen LogP contribution < -0.4 is 0 Å². The van der Waals surface area contributed by atoms with Gasteiger partial charge in [-0.1, -0.05) is 0 Å². The molecular weight excluding hydrogens is 267 g/mol. The highest BCUT2D eigenvalue weighted by atomic mass is 19.1. The van der Waals surface area contributed by atoms with Gasteiger partial charge in [0, 0.05) is 25.2 Å². The van der Waals surface area contributed by atoms with Crippen LogP contribution in [0.4, 0.5) is 10.1 Å². The van der Waals surface area contributed by atoms with Crippen molar-refractivity contribution in [3.63, 3.8) is 0 Å². The number of nitro groups is 1. The van der Waals surface area contributed by atoms with E-state index in [0.29, 0.717) is 13.1 Å². The molecule has 0 aliphatic carbocycles. The van der Waals surface area contributed by atoms with Gasteiger partial charge in [-0.25, -0.2) is 4.39 Å². The van der Waals surface area contributed by atoms with Crippen LogP contribution in [0.1, 0.15) is 23.2 Å². The first-order valence-corrected chi connectivity index (χ1v) is 6.43. The maximum absolute atomic E-state index is 13.7. The summed E-state index contributed by atoms with van der Waals surface area (Å²) in [5, 5.41) is 10.7. The predicted molar refractivity (Wildman–Crippen MR) is 66.9 cm³/mol. The Bertz CT molecular complexity index is 565. The van der Waals surface area contributed by atoms with Crippen LogP contribution in [-0.4, -0.2) is 41.0 Å². The van der Waals surface area contributed by atoms with Crippen LogP contribution in [0.5, 0.6) is 0 Å². The summed E-state index contributed by atoms with van der Waals surface area (Å²) in [4.78, 5) is 23.9. The third-order valence-corrected chi connectivity index (χ3v) is 3.72. The smallest absolute Gasteiger partial charge is 0.270 e. The second-order valence-corrected chi connectivity index (χ2v) is 5.09. The lowest BCUT2D eigenvalue weighted by atomic mass is 10.1. The number of rotatable bonds is 2. The van der Waals surface area contributed by atoms with Gasteiger partial charge in [0.15, 0.2) is 0 Å². The summed E-state index contributed by atoms with van der Waals surface area (Å²) in [6.45, 7) is 0.828. The Hall–Kier alpha value is -2.02. The van der Waals surface area contributed by atoms with Crippen molar-refractivity contribution in [1.82, 2.24) is 4.90 Å². The molecule has 0 N–H and O–H groups in total. The maximum Gasteiger partial charge on any atom is 0.270 e. The van der Waals surface area contributed by atoms with Crippen molar-refractivity contribution >= 4 is 11.6 Å². The molecule has 2 saturated heterocycles. The van der Waals surface area contributed by atoms with E-state index in [1.807, 2.05) is 0 Å². The van der Waals surface area contributed by atoms with Crippen molar-refractivity contribution in [2.75, 3.05) is 13.1 Å². The van der Waals surface area contributed by atoms with E-state index in [0.717, 1.165) is 31.0 Å². The average molecular weight is 280 g/mol. The molecule has 1 aromatic carbocycles. The van der Waals surface area contributed by atoms with Crippen LogP contribution in [0, 0.1) is 15.9 Å². The molecule has 7 heteroatoms. The Kier molecular flexibility index (Phi) is 3.13. The Morgan fingerprint density at radius 3 is 2.60 bits per heavy atom. The summed E-state index contributed by atoms with van der Waals surface area (Å²) in [5.41, 5.74) is -0.536. The zero-order chi connectivity index (χ0) is 14.3. The predicted octanol–water partition coefficient (Wildman–Crippen LogP) is 1.74. The van der Waals surface area contributed by atoms with Crippen molar-refractivity contribution in [2.45, 2.75) is 25.0 Å². The van der Waals surface area contributed by atoms with Crippen LogP contribution in [-0.2, 0) is 4.74 Å². The Balaban J connectivity index is 1.86. The molecule has 2 aliphatic rings. The van der Waals surface area contributed by atoms with Gasteiger partial charge in [-0.05, 0) is 18.9 Å². The first kappa shape index (κ1) is 13.0. The number of nitrogens with zero attached hydrogens (tertiary/aromatic N) is 2. The fourth-order valence-electron chi connectivity index (χ4n) is 2.74. The molecule has 6 nitrogen and oxygen atoms in total. The molecular formula is C13H13FN2O4. The van der Waals surface area contributed by atoms with Gasteiger partial charge in [-0.15, -0.1) is 0 Å². The monoisotopic (exact) mass is 280 g/mol. The van der Waals surface area contributed by atoms with E-state index in [1.54, 1.807) is 0 Å². The fraction of sp³-hybridized carbons (Fsp3) is 0.462. The van der Waals surface area contributed by atoms with E-state index in [-0.39, 0.29) is 23.5 Å². The zero-order valence-corrected chi connectivity index (χ0v) is 10.6. The highest BCUT2D eigenvalue weighted by Gasteiger charge is 2.36. The lowest BCUT2D eigenvalue weighted by Gasteiger charge is -2.32. The minimum atomic E-state index is -0.737. The van der Waals surface area contributed by atoms with Crippen LogP contribution in [0.2, 0.25) is 0 Å². The molecule has 2 atom stereocenters. The second-order valence-electron chi connectivity index (χ2n) is 5.09. The fourth-order valence-corrected chi connectivity index (χ4v) is 2.74. The highest BCUT2D eigenvalue weighted by Crippen LogP contribution is 2.28. The van der Waals surface area contributed by atoms with E-state index in [4.69, 9.17) is 4.74 Å². The number of carbonyl (C=O) groups excluding carboxylic acids is 1. The number of morpholine rings is 1. The first-order valence-electron chi connectivity index (χ1n) is 6.43. The minimum Gasteiger partial charge on any atom is -0.371 e. The second kappa shape index (κ2) is 4.82. The van der Waals surface area contributed by atoms with Gasteiger partial charge in [0.25, 0.3) is 11.6 Å². The SMILES string of the molecule is O=C(c1cc([N+](=O)[O-])ccc1F)N1CC2CCC(C1)O2. The Morgan fingerprint density at radius 1 is 1.35 bits per heavy atom. The van der Waals surface area contributed by atoms with E-state index in [2.05, 4.69) is 0 Å². The van der Waals surface area contributed by atoms with Crippen molar-refractivity contribution < 1.29 is 18.8 Å². The zero-order valence-electron chi connectivity index (χ0n) is 10.6. The molecule has 1 amide bonds. The number of hydrogen-bond donors (Lipinski definition) is 0. The Morgan fingerprint density at radius 2 is 2.00 bits per heavy atom. The summed E-state index contributed by atoms with van der Waals surface area (Å²) in [5.74, 6) is -1.24. The largest absolute Gasteiger partial charge is 0.371 e. The van der Waals surface area contributed by atoms with Crippen LogP contribution in [0.15, 0.2) is 18.2 Å². The van der Waals surface area contributed by atoms with Crippen LogP contribution >= 0.6 is 0 Å². The van der Waals surface area contributed by atoms with Crippen LogP contribution in [0.25, 0.3) is 0 Å². The molecule has 0 saturated carbocycles. The summed E-state index contributed by atoms with van der Waals surface area (Å²) >= 11 is 0. The molecule has 2 bridgehead atoms. The van der Waals surface area contributed by atoms with Gasteiger partial charge in [0.1, 0.15) is 5.82 Å². The number of carbonyl (C=O) groups is 1. The lowest BCUT2D eigenvalue weighted by Crippen LogP contribution is -2.46. The number of halogens is 1. The van der Waals surface area contributed by atoms with E-state index >= 15 is 0 Å². The van der Waals surface area contributed by atoms with Gasteiger partial charge in [-0.3, -0.25) is 14.9 Å². The molecule has 2 fully saturated rings. The van der Waals surface area contributed by atoms with Crippen molar-refractivity contribution in [3.05, 3.63) is 39.7 Å². The number of nitro benzene ring substituents is 1. The molecule has 2 unspecified atom stereocenters. The number of benzene rings is 1. The number of fused-ring (bicyclic) bond motifs is 2. The number of ether oxygens (including phenoxy) is 1. The molecule has 0 radical (unpaired) electrons. The van der Waals surface area contributed by atoms with Gasteiger partial charge >= 0.3 is 0 Å². The molecule has 2 aliphatic heterocycles. The number of likely N-dealkylation sites (tertiary alicyclic amines) is 1. The van der Waals surface area contributed by atoms with Crippen molar-refractivity contribution in [1.29, 1.82) is 0 Å². The van der Waals surface area contributed by atoms with Gasteiger partial charge in [0.2, 0.25) is 0 Å². The first-order chi connectivity index (χ1) is 9.54. The number of amides is 1. The maximum atomic E-state index is 13.7. The third-order valence-electron chi connectivity index (χ3n) is 3.72. The molecule has 3 rings (SSSR count). The van der Waals surface area contributed by atoms with Gasteiger partial charge < -0.3 is 9.64 Å². The van der Waals surface area contributed by atoms with Gasteiger partial charge in [-0.2, -0.15) is 0 Å². The molecule has 20 heavy (non-hydrogen) atoms. The number of non-ortho nitro benzene ring substituents is 1. The minimum absolute atomic E-state index is 0.000501. The van der Waals surface area contributed by atoms with E-state index in [9.17, 15) is 19.3 Å². The Labute approximate surface area is 114 Å². The van der Waals surface area contributed by atoms with Gasteiger partial charge in [0.05, 0.1) is 22.7 Å². The summed E-state index contributed by atoms with van der Waals surface area (Å²) in [6, 6.07) is 3.00. The lowest BCUT2D eigenvalue weighted by molar-refractivity contribution is -0.384. The topological polar surface area (TPSA) is 72.7 Å². The van der Waals surface area contributed by atoms with E-state index < -0.39 is 16.6 Å². The average Bonchev–Trinajstić information content (AvgIpc) is 2.77. The van der Waals surface area contributed by atoms with Crippen LogP contribution in [0.3, 0.4) is 0 Å². The molecule has 0 spiro atoms. The highest BCUT2D eigenvalue weighted by molar-refractivity contribution is 5.95. The van der Waals surface area contributed by atoms with Crippen molar-refractivity contribution in [3.8, 4) is 0 Å². The van der Waals surface area contributed by atoms with Crippen molar-refractivity contribution in [2.24, 2.45) is 0 Å². The summed E-state index contributed by atoms with van der Waals surface area (Å²) < 4.78 is 19.4. The molecule has 106 valence electrons. The van der Waals surface area contributed by atoms with E-state index in [1.165, 1.54) is 4.90 Å². The normalized spacial score (nSPS) is 24.8. The molecule has 2 heterocycles.